The van der Waals surface area contributed by atoms with Crippen LogP contribution in [-0.4, -0.2) is 26.4 Å². The maximum atomic E-state index is 12.2. The van der Waals surface area contributed by atoms with Gasteiger partial charge in [-0.2, -0.15) is 0 Å². The quantitative estimate of drug-likeness (QED) is 0.806. The van der Waals surface area contributed by atoms with Crippen LogP contribution >= 0.6 is 11.5 Å². The van der Waals surface area contributed by atoms with Crippen LogP contribution in [0.5, 0.6) is 0 Å². The van der Waals surface area contributed by atoms with Gasteiger partial charge in [-0.25, -0.2) is 0 Å². The highest BCUT2D eigenvalue weighted by Crippen LogP contribution is 2.33. The highest BCUT2D eigenvalue weighted by Gasteiger charge is 2.28. The van der Waals surface area contributed by atoms with Crippen LogP contribution < -0.4 is 0 Å². The molecule has 2 heterocycles. The van der Waals surface area contributed by atoms with Crippen molar-refractivity contribution in [3.8, 4) is 0 Å². The Kier molecular flexibility index (Phi) is 4.47. The molecule has 7 heteroatoms. The van der Waals surface area contributed by atoms with Crippen LogP contribution in [0.15, 0.2) is 36.7 Å². The van der Waals surface area contributed by atoms with Crippen molar-refractivity contribution in [2.75, 3.05) is 0 Å². The van der Waals surface area contributed by atoms with Gasteiger partial charge in [-0.05, 0) is 28.7 Å². The van der Waals surface area contributed by atoms with E-state index in [4.69, 9.17) is 4.74 Å². The molecule has 0 radical (unpaired) electrons. The Bertz CT molecular complexity index is 743. The molecule has 0 spiro atoms. The lowest BCUT2D eigenvalue weighted by Crippen LogP contribution is -2.32. The number of benzene rings is 1. The average molecular weight is 329 g/mol. The van der Waals surface area contributed by atoms with Gasteiger partial charge in [0.1, 0.15) is 6.61 Å². The molecule has 1 aliphatic heterocycles. The number of rotatable bonds is 4. The third kappa shape index (κ3) is 3.45. The van der Waals surface area contributed by atoms with Gasteiger partial charge >= 0.3 is 5.97 Å². The van der Waals surface area contributed by atoms with Crippen molar-refractivity contribution in [1.29, 1.82) is 0 Å². The summed E-state index contributed by atoms with van der Waals surface area (Å²) >= 11 is 1.19. The van der Waals surface area contributed by atoms with Gasteiger partial charge in [0.15, 0.2) is 0 Å². The minimum atomic E-state index is -0.361. The van der Waals surface area contributed by atoms with Crippen LogP contribution in [0.2, 0.25) is 0 Å². The fourth-order valence-corrected chi connectivity index (χ4v) is 2.94. The molecule has 23 heavy (non-hydrogen) atoms. The largest absolute Gasteiger partial charge is 0.460 e. The van der Waals surface area contributed by atoms with Crippen LogP contribution in [0.1, 0.15) is 35.4 Å². The summed E-state index contributed by atoms with van der Waals surface area (Å²) in [7, 11) is 0. The second-order valence-electron chi connectivity index (χ2n) is 5.14. The van der Waals surface area contributed by atoms with Gasteiger partial charge < -0.3 is 9.64 Å². The molecule has 0 unspecified atom stereocenters. The number of nitrogens with zero attached hydrogens (tertiary/aromatic N) is 3. The van der Waals surface area contributed by atoms with E-state index < -0.39 is 0 Å². The minimum absolute atomic E-state index is 0.104. The van der Waals surface area contributed by atoms with Crippen molar-refractivity contribution < 1.29 is 14.3 Å². The summed E-state index contributed by atoms with van der Waals surface area (Å²) in [6, 6.07) is 7.38. The zero-order valence-electron chi connectivity index (χ0n) is 12.5. The molecule has 0 fully saturated rings. The van der Waals surface area contributed by atoms with E-state index in [0.29, 0.717) is 0 Å². The highest BCUT2D eigenvalue weighted by atomic mass is 32.1. The van der Waals surface area contributed by atoms with E-state index >= 15 is 0 Å². The Balaban J connectivity index is 1.74. The molecule has 0 bridgehead atoms. The summed E-state index contributed by atoms with van der Waals surface area (Å²) in [6.45, 7) is 1.64. The molecular weight excluding hydrogens is 314 g/mol. The summed E-state index contributed by atoms with van der Waals surface area (Å²) in [4.78, 5) is 26.4. The highest BCUT2D eigenvalue weighted by molar-refractivity contribution is 7.05. The summed E-state index contributed by atoms with van der Waals surface area (Å²) in [6.07, 6.45) is 5.27. The molecule has 1 aromatic heterocycles. The molecule has 2 aromatic rings. The average Bonchev–Trinajstić information content (AvgIpc) is 3.06. The molecular formula is C16H15N3O3S. The first-order chi connectivity index (χ1) is 11.1. The van der Waals surface area contributed by atoms with Gasteiger partial charge in [0, 0.05) is 13.1 Å². The molecule has 0 saturated carbocycles. The molecule has 0 aliphatic carbocycles. The number of amides is 1. The van der Waals surface area contributed by atoms with Gasteiger partial charge in [-0.1, -0.05) is 28.8 Å². The molecule has 1 atom stereocenters. The van der Waals surface area contributed by atoms with Gasteiger partial charge in [-0.3, -0.25) is 9.59 Å². The van der Waals surface area contributed by atoms with Crippen LogP contribution in [0.4, 0.5) is 0 Å². The van der Waals surface area contributed by atoms with Crippen LogP contribution in [-0.2, 0) is 20.9 Å². The van der Waals surface area contributed by atoms with Crippen molar-refractivity contribution in [3.63, 3.8) is 0 Å². The predicted octanol–water partition coefficient (Wildman–Crippen LogP) is 2.55. The second kappa shape index (κ2) is 6.70. The Morgan fingerprint density at radius 3 is 2.91 bits per heavy atom. The third-order valence-corrected chi connectivity index (χ3v) is 4.25. The fraction of sp³-hybridized carbons (Fsp3) is 0.250. The Labute approximate surface area is 137 Å². The first kappa shape index (κ1) is 15.4. The molecule has 1 aromatic carbocycles. The number of carbonyl (C=O) groups excluding carboxylic acids is 2. The minimum Gasteiger partial charge on any atom is -0.460 e. The summed E-state index contributed by atoms with van der Waals surface area (Å²) < 4.78 is 8.98. The number of aromatic nitrogens is 2. The van der Waals surface area contributed by atoms with E-state index in [9.17, 15) is 9.59 Å². The Morgan fingerprint density at radius 2 is 2.17 bits per heavy atom. The molecule has 3 rings (SSSR count). The number of carbonyl (C=O) groups is 2. The molecule has 6 nitrogen and oxygen atoms in total. The second-order valence-corrected chi connectivity index (χ2v) is 6.01. The smallest absolute Gasteiger partial charge is 0.308 e. The number of esters is 1. The van der Waals surface area contributed by atoms with Crippen molar-refractivity contribution in [2.45, 2.75) is 26.0 Å². The SMILES string of the molecule is CC(=O)N1C=Cc2ccccc2[C@H]1CC(=O)OCc1cnns1. The standard InChI is InChI=1S/C16H15N3O3S/c1-11(20)19-7-6-12-4-2-3-5-14(12)15(19)8-16(21)22-10-13-9-17-18-23-13/h2-7,9,15H,8,10H2,1H3/t15-/m1/s1. The van der Waals surface area contributed by atoms with Gasteiger partial charge in [-0.15, -0.1) is 5.10 Å². The maximum Gasteiger partial charge on any atom is 0.308 e. The summed E-state index contributed by atoms with van der Waals surface area (Å²) in [5.74, 6) is -0.472. The van der Waals surface area contributed by atoms with E-state index in [1.165, 1.54) is 18.5 Å². The lowest BCUT2D eigenvalue weighted by molar-refractivity contribution is -0.146. The van der Waals surface area contributed by atoms with E-state index in [0.717, 1.165) is 16.0 Å². The number of hydrogen-bond donors (Lipinski definition) is 0. The van der Waals surface area contributed by atoms with Crippen molar-refractivity contribution in [3.05, 3.63) is 52.7 Å². The lowest BCUT2D eigenvalue weighted by atomic mass is 9.94. The fourth-order valence-electron chi connectivity index (χ4n) is 2.53. The van der Waals surface area contributed by atoms with Gasteiger partial charge in [0.25, 0.3) is 0 Å². The van der Waals surface area contributed by atoms with Crippen LogP contribution in [0.3, 0.4) is 0 Å². The van der Waals surface area contributed by atoms with Crippen LogP contribution in [0, 0.1) is 0 Å². The molecule has 0 N–H and O–H groups in total. The predicted molar refractivity (Wildman–Crippen MR) is 85.1 cm³/mol. The normalized spacial score (nSPS) is 16.0. The first-order valence-electron chi connectivity index (χ1n) is 7.13. The molecule has 0 saturated heterocycles. The van der Waals surface area contributed by atoms with Gasteiger partial charge in [0.2, 0.25) is 5.91 Å². The zero-order valence-corrected chi connectivity index (χ0v) is 13.3. The van der Waals surface area contributed by atoms with E-state index in [-0.39, 0.29) is 30.9 Å². The monoisotopic (exact) mass is 329 g/mol. The van der Waals surface area contributed by atoms with E-state index in [1.54, 1.807) is 17.3 Å². The lowest BCUT2D eigenvalue weighted by Gasteiger charge is -2.32. The summed E-state index contributed by atoms with van der Waals surface area (Å²) in [5.41, 5.74) is 1.95. The van der Waals surface area contributed by atoms with E-state index in [1.807, 2.05) is 30.3 Å². The number of fused-ring (bicyclic) bond motifs is 1. The molecule has 118 valence electrons. The van der Waals surface area contributed by atoms with Crippen molar-refractivity contribution >= 4 is 29.5 Å². The Hall–Kier alpha value is -2.54. The zero-order chi connectivity index (χ0) is 16.2. The Morgan fingerprint density at radius 1 is 1.35 bits per heavy atom. The molecule has 1 amide bonds. The number of ether oxygens (including phenoxy) is 1. The third-order valence-electron chi connectivity index (χ3n) is 3.61. The summed E-state index contributed by atoms with van der Waals surface area (Å²) in [5, 5.41) is 3.70. The van der Waals surface area contributed by atoms with Gasteiger partial charge in [0.05, 0.1) is 23.5 Å². The van der Waals surface area contributed by atoms with Crippen LogP contribution in [0.25, 0.3) is 6.08 Å². The van der Waals surface area contributed by atoms with Crippen molar-refractivity contribution in [2.24, 2.45) is 0 Å². The first-order valence-corrected chi connectivity index (χ1v) is 7.90. The van der Waals surface area contributed by atoms with E-state index in [2.05, 4.69) is 9.59 Å². The van der Waals surface area contributed by atoms with Crippen molar-refractivity contribution in [1.82, 2.24) is 14.5 Å². The molecule has 1 aliphatic rings. The topological polar surface area (TPSA) is 72.4 Å². The maximum absolute atomic E-state index is 12.2. The number of hydrogen-bond acceptors (Lipinski definition) is 6.